The molecule has 0 saturated heterocycles. The predicted molar refractivity (Wildman–Crippen MR) is 117 cm³/mol. The Morgan fingerprint density at radius 1 is 1.12 bits per heavy atom. The highest BCUT2D eigenvalue weighted by Gasteiger charge is 2.33. The molecule has 0 unspecified atom stereocenters. The Bertz CT molecular complexity index is 1150. The molecule has 0 spiro atoms. The normalized spacial score (nSPS) is 11.1. The molecule has 0 aliphatic heterocycles. The number of fused-ring (bicyclic) bond motifs is 1. The number of pyridine rings is 1. The fourth-order valence-electron chi connectivity index (χ4n) is 3.17. The number of para-hydroxylation sites is 1. The molecule has 32 heavy (non-hydrogen) atoms. The number of nitrogens with one attached hydrogen (secondary N) is 3. The predicted octanol–water partition coefficient (Wildman–Crippen LogP) is 5.31. The number of carbonyl (C=O) groups excluding carboxylic acids is 1. The van der Waals surface area contributed by atoms with Crippen molar-refractivity contribution >= 4 is 28.4 Å². The topological polar surface area (TPSA) is 89.8 Å². The Kier molecular flexibility index (Phi) is 7.15. The Hall–Kier alpha value is -3.80. The quantitative estimate of drug-likeness (QED) is 0.434. The van der Waals surface area contributed by atoms with E-state index in [1.807, 2.05) is 18.2 Å². The average molecular weight is 441 g/mol. The number of aromatic nitrogens is 1. The molecular weight excluding hydrogens is 419 g/mol. The first-order chi connectivity index (χ1) is 15.3. The number of halogens is 3. The summed E-state index contributed by atoms with van der Waals surface area (Å²) in [5, 5.41) is 18.2. The van der Waals surface area contributed by atoms with E-state index in [1.54, 1.807) is 6.07 Å². The molecule has 1 aromatic heterocycles. The lowest BCUT2D eigenvalue weighted by Crippen LogP contribution is -2.31. The van der Waals surface area contributed by atoms with Gasteiger partial charge in [0.05, 0.1) is 22.3 Å². The average Bonchev–Trinajstić information content (AvgIpc) is 2.77. The van der Waals surface area contributed by atoms with Gasteiger partial charge in [0.1, 0.15) is 11.9 Å². The van der Waals surface area contributed by atoms with Crippen LogP contribution in [0.2, 0.25) is 0 Å². The summed E-state index contributed by atoms with van der Waals surface area (Å²) in [6, 6.07) is 13.9. The van der Waals surface area contributed by atoms with E-state index in [2.05, 4.69) is 33.9 Å². The van der Waals surface area contributed by atoms with E-state index in [0.717, 1.165) is 29.0 Å². The van der Waals surface area contributed by atoms with Crippen molar-refractivity contribution in [3.63, 3.8) is 0 Å². The Morgan fingerprint density at radius 3 is 2.62 bits per heavy atom. The number of benzene rings is 2. The summed E-state index contributed by atoms with van der Waals surface area (Å²) in [7, 11) is 0. The first kappa shape index (κ1) is 22.9. The van der Waals surface area contributed by atoms with E-state index in [0.29, 0.717) is 24.3 Å². The van der Waals surface area contributed by atoms with E-state index in [9.17, 15) is 23.2 Å². The summed E-state index contributed by atoms with van der Waals surface area (Å²) in [4.78, 5) is 16.5. The molecule has 2 amide bonds. The van der Waals surface area contributed by atoms with Gasteiger partial charge in [-0.05, 0) is 48.7 Å². The summed E-state index contributed by atoms with van der Waals surface area (Å²) < 4.78 is 39.0. The third-order valence-corrected chi connectivity index (χ3v) is 4.82. The van der Waals surface area contributed by atoms with Gasteiger partial charge in [0.25, 0.3) is 0 Å². The van der Waals surface area contributed by atoms with Crippen LogP contribution in [0.15, 0.2) is 48.5 Å². The van der Waals surface area contributed by atoms with E-state index in [-0.39, 0.29) is 12.2 Å². The van der Waals surface area contributed by atoms with Gasteiger partial charge in [-0.3, -0.25) is 0 Å². The molecule has 166 valence electrons. The number of hydrogen-bond acceptors (Lipinski definition) is 4. The van der Waals surface area contributed by atoms with Crippen molar-refractivity contribution in [1.82, 2.24) is 10.3 Å². The van der Waals surface area contributed by atoms with E-state index in [1.165, 1.54) is 18.2 Å². The molecule has 3 rings (SSSR count). The van der Waals surface area contributed by atoms with Crippen LogP contribution in [0.25, 0.3) is 10.9 Å². The largest absolute Gasteiger partial charge is 0.418 e. The molecule has 1 heterocycles. The molecule has 0 fully saturated rings. The van der Waals surface area contributed by atoms with Gasteiger partial charge in [0.2, 0.25) is 0 Å². The van der Waals surface area contributed by atoms with Crippen LogP contribution in [0.1, 0.15) is 30.0 Å². The molecule has 0 radical (unpaired) electrons. The summed E-state index contributed by atoms with van der Waals surface area (Å²) in [6.45, 7) is 2.70. The minimum atomic E-state index is -4.56. The summed E-state index contributed by atoms with van der Waals surface area (Å²) >= 11 is 0. The van der Waals surface area contributed by atoms with Crippen LogP contribution in [0.4, 0.5) is 29.5 Å². The van der Waals surface area contributed by atoms with Crippen molar-refractivity contribution in [3.8, 4) is 6.07 Å². The smallest absolute Gasteiger partial charge is 0.369 e. The Labute approximate surface area is 183 Å². The fourth-order valence-corrected chi connectivity index (χ4v) is 3.17. The van der Waals surface area contributed by atoms with E-state index < -0.39 is 17.8 Å². The number of urea groups is 1. The second-order valence-corrected chi connectivity index (χ2v) is 7.08. The number of hydrogen-bond donors (Lipinski definition) is 3. The molecule has 3 N–H and O–H groups in total. The van der Waals surface area contributed by atoms with Crippen molar-refractivity contribution < 1.29 is 18.0 Å². The molecule has 3 aromatic rings. The number of rotatable bonds is 7. The minimum absolute atomic E-state index is 0.225. The van der Waals surface area contributed by atoms with Gasteiger partial charge in [-0.25, -0.2) is 9.78 Å². The number of anilines is 2. The molecule has 2 aromatic carbocycles. The summed E-state index contributed by atoms with van der Waals surface area (Å²) in [5.74, 6) is 0.452. The minimum Gasteiger partial charge on any atom is -0.369 e. The maximum atomic E-state index is 13.0. The van der Waals surface area contributed by atoms with Crippen molar-refractivity contribution in [3.05, 3.63) is 65.2 Å². The molecule has 0 bridgehead atoms. The number of aryl methyl sites for hydroxylation is 1. The SMILES string of the molecule is CCc1ccc2nc(NCCCNC(=O)Nc3ccccc3C(F)(F)F)c(C#N)cc2c1. The van der Waals surface area contributed by atoms with Crippen molar-refractivity contribution in [2.75, 3.05) is 23.7 Å². The highest BCUT2D eigenvalue weighted by molar-refractivity contribution is 5.90. The summed E-state index contributed by atoms with van der Waals surface area (Å²) in [5.41, 5.74) is 1.13. The molecule has 9 heteroatoms. The van der Waals surface area contributed by atoms with Gasteiger partial charge in [-0.2, -0.15) is 18.4 Å². The molecule has 0 aliphatic carbocycles. The van der Waals surface area contributed by atoms with Gasteiger partial charge < -0.3 is 16.0 Å². The zero-order valence-electron chi connectivity index (χ0n) is 17.4. The Balaban J connectivity index is 1.52. The van der Waals surface area contributed by atoms with Gasteiger partial charge in [-0.1, -0.05) is 25.1 Å². The number of amides is 2. The standard InChI is InChI=1S/C23H22F3N5O/c1-2-15-8-9-19-16(12-15)13-17(14-27)21(30-19)28-10-5-11-29-22(32)31-20-7-4-3-6-18(20)23(24,25)26/h3-4,6-9,12-13H,2,5,10-11H2,1H3,(H,28,30)(H2,29,31,32). The lowest BCUT2D eigenvalue weighted by Gasteiger charge is -2.14. The number of alkyl halides is 3. The first-order valence-electron chi connectivity index (χ1n) is 10.1. The van der Waals surface area contributed by atoms with E-state index in [4.69, 9.17) is 0 Å². The lowest BCUT2D eigenvalue weighted by atomic mass is 10.1. The van der Waals surface area contributed by atoms with Gasteiger partial charge in [0.15, 0.2) is 0 Å². The van der Waals surface area contributed by atoms with Crippen molar-refractivity contribution in [2.24, 2.45) is 0 Å². The van der Waals surface area contributed by atoms with Crippen LogP contribution < -0.4 is 16.0 Å². The first-order valence-corrected chi connectivity index (χ1v) is 10.1. The number of carbonyl (C=O) groups is 1. The van der Waals surface area contributed by atoms with Crippen LogP contribution in [0.3, 0.4) is 0 Å². The maximum absolute atomic E-state index is 13.0. The molecular formula is C23H22F3N5O. The van der Waals surface area contributed by atoms with Crippen LogP contribution >= 0.6 is 0 Å². The highest BCUT2D eigenvalue weighted by Crippen LogP contribution is 2.34. The fraction of sp³-hybridized carbons (Fsp3) is 0.261. The Morgan fingerprint density at radius 2 is 1.91 bits per heavy atom. The zero-order valence-corrected chi connectivity index (χ0v) is 17.4. The highest BCUT2D eigenvalue weighted by atomic mass is 19.4. The molecule has 0 aliphatic rings. The van der Waals surface area contributed by atoms with Gasteiger partial charge >= 0.3 is 12.2 Å². The summed E-state index contributed by atoms with van der Waals surface area (Å²) in [6.07, 6.45) is -3.19. The zero-order chi connectivity index (χ0) is 23.1. The second-order valence-electron chi connectivity index (χ2n) is 7.08. The third-order valence-electron chi connectivity index (χ3n) is 4.82. The van der Waals surface area contributed by atoms with Gasteiger partial charge in [-0.15, -0.1) is 0 Å². The maximum Gasteiger partial charge on any atom is 0.418 e. The molecule has 0 atom stereocenters. The molecule has 6 nitrogen and oxygen atoms in total. The van der Waals surface area contributed by atoms with Crippen LogP contribution in [-0.2, 0) is 12.6 Å². The van der Waals surface area contributed by atoms with Crippen molar-refractivity contribution in [1.29, 1.82) is 5.26 Å². The number of nitriles is 1. The van der Waals surface area contributed by atoms with Crippen LogP contribution in [-0.4, -0.2) is 24.1 Å². The van der Waals surface area contributed by atoms with Gasteiger partial charge in [0, 0.05) is 18.5 Å². The second kappa shape index (κ2) is 10.0. The number of nitrogens with zero attached hydrogens (tertiary/aromatic N) is 2. The van der Waals surface area contributed by atoms with Crippen LogP contribution in [0, 0.1) is 11.3 Å². The monoisotopic (exact) mass is 441 g/mol. The van der Waals surface area contributed by atoms with E-state index >= 15 is 0 Å². The molecule has 0 saturated carbocycles. The van der Waals surface area contributed by atoms with Crippen molar-refractivity contribution in [2.45, 2.75) is 25.9 Å². The third kappa shape index (κ3) is 5.66. The van der Waals surface area contributed by atoms with Crippen LogP contribution in [0.5, 0.6) is 0 Å². The lowest BCUT2D eigenvalue weighted by molar-refractivity contribution is -0.136.